The van der Waals surface area contributed by atoms with Gasteiger partial charge in [-0.2, -0.15) is 0 Å². The van der Waals surface area contributed by atoms with Crippen molar-refractivity contribution in [2.24, 2.45) is 5.92 Å². The van der Waals surface area contributed by atoms with Gasteiger partial charge in [0.25, 0.3) is 0 Å². The third-order valence-electron chi connectivity index (χ3n) is 4.21. The molecule has 2 rings (SSSR count). The highest BCUT2D eigenvalue weighted by molar-refractivity contribution is 4.94. The summed E-state index contributed by atoms with van der Waals surface area (Å²) in [4.78, 5) is 2.59. The van der Waals surface area contributed by atoms with Crippen LogP contribution in [0.3, 0.4) is 0 Å². The van der Waals surface area contributed by atoms with Crippen LogP contribution in [0.4, 0.5) is 0 Å². The summed E-state index contributed by atoms with van der Waals surface area (Å²) in [6.45, 7) is 8.31. The van der Waals surface area contributed by atoms with Crippen LogP contribution in [0.15, 0.2) is 6.20 Å². The minimum Gasteiger partial charge on any atom is -0.396 e. The highest BCUT2D eigenvalue weighted by Gasteiger charge is 2.22. The molecule has 5 heteroatoms. The van der Waals surface area contributed by atoms with Crippen LogP contribution in [-0.4, -0.2) is 51.2 Å². The predicted molar refractivity (Wildman–Crippen MR) is 79.6 cm³/mol. The van der Waals surface area contributed by atoms with Crippen LogP contribution in [0.5, 0.6) is 0 Å². The molecule has 0 amide bonds. The van der Waals surface area contributed by atoms with E-state index in [4.69, 9.17) is 5.11 Å². The molecule has 0 saturated carbocycles. The second kappa shape index (κ2) is 7.74. The van der Waals surface area contributed by atoms with Gasteiger partial charge in [0, 0.05) is 38.9 Å². The number of aromatic nitrogens is 3. The Labute approximate surface area is 122 Å². The average Bonchev–Trinajstić information content (AvgIpc) is 2.89. The third kappa shape index (κ3) is 4.28. The summed E-state index contributed by atoms with van der Waals surface area (Å²) >= 11 is 0. The quantitative estimate of drug-likeness (QED) is 0.828. The first-order chi connectivity index (χ1) is 9.72. The molecule has 2 heterocycles. The van der Waals surface area contributed by atoms with E-state index in [-0.39, 0.29) is 6.61 Å². The lowest BCUT2D eigenvalue weighted by Gasteiger charge is -2.33. The van der Waals surface area contributed by atoms with Gasteiger partial charge < -0.3 is 10.0 Å². The second-order valence-corrected chi connectivity index (χ2v) is 6.09. The molecule has 1 unspecified atom stereocenters. The molecule has 5 nitrogen and oxygen atoms in total. The summed E-state index contributed by atoms with van der Waals surface area (Å²) < 4.78 is 2.00. The van der Waals surface area contributed by atoms with Gasteiger partial charge in [-0.3, -0.25) is 0 Å². The molecule has 0 radical (unpaired) electrons. The predicted octanol–water partition coefficient (Wildman–Crippen LogP) is 1.89. The fourth-order valence-corrected chi connectivity index (χ4v) is 3.11. The van der Waals surface area contributed by atoms with Gasteiger partial charge in [0.15, 0.2) is 0 Å². The minimum absolute atomic E-state index is 0.145. The number of hydrogen-bond donors (Lipinski definition) is 1. The Morgan fingerprint density at radius 3 is 2.80 bits per heavy atom. The van der Waals surface area contributed by atoms with Gasteiger partial charge in [-0.05, 0) is 25.2 Å². The van der Waals surface area contributed by atoms with Crippen LogP contribution in [0, 0.1) is 5.92 Å². The largest absolute Gasteiger partial charge is 0.396 e. The molecule has 1 N–H and O–H groups in total. The highest BCUT2D eigenvalue weighted by atomic mass is 16.3. The Hall–Kier alpha value is -0.940. The lowest BCUT2D eigenvalue weighted by molar-refractivity contribution is 0.157. The maximum Gasteiger partial charge on any atom is 0.0850 e. The molecule has 0 spiro atoms. The summed E-state index contributed by atoms with van der Waals surface area (Å²) in [6.07, 6.45) is 7.52. The number of hydrogen-bond acceptors (Lipinski definition) is 4. The van der Waals surface area contributed by atoms with Crippen LogP contribution in [0.25, 0.3) is 0 Å². The molecular weight excluding hydrogens is 252 g/mol. The van der Waals surface area contributed by atoms with Gasteiger partial charge in [0.2, 0.25) is 0 Å². The van der Waals surface area contributed by atoms with E-state index >= 15 is 0 Å². The van der Waals surface area contributed by atoms with Crippen molar-refractivity contribution in [3.8, 4) is 0 Å². The summed E-state index contributed by atoms with van der Waals surface area (Å²) in [7, 11) is 0. The Morgan fingerprint density at radius 1 is 1.40 bits per heavy atom. The van der Waals surface area contributed by atoms with Crippen LogP contribution >= 0.6 is 0 Å². The Balaban J connectivity index is 1.78. The van der Waals surface area contributed by atoms with Crippen LogP contribution in [-0.2, 0) is 6.42 Å². The topological polar surface area (TPSA) is 54.2 Å². The molecule has 0 bridgehead atoms. The monoisotopic (exact) mass is 280 g/mol. The van der Waals surface area contributed by atoms with Gasteiger partial charge in [0.05, 0.1) is 11.7 Å². The number of aliphatic hydroxyl groups is 1. The van der Waals surface area contributed by atoms with E-state index in [1.807, 2.05) is 10.9 Å². The van der Waals surface area contributed by atoms with Crippen LogP contribution < -0.4 is 0 Å². The fraction of sp³-hybridized carbons (Fsp3) is 0.867. The summed E-state index contributed by atoms with van der Waals surface area (Å²) in [5.74, 6) is 0.805. The maximum absolute atomic E-state index is 8.92. The van der Waals surface area contributed by atoms with E-state index in [0.29, 0.717) is 12.5 Å². The highest BCUT2D eigenvalue weighted by Crippen LogP contribution is 2.22. The van der Waals surface area contributed by atoms with Gasteiger partial charge >= 0.3 is 0 Å². The lowest BCUT2D eigenvalue weighted by atomic mass is 10.0. The van der Waals surface area contributed by atoms with Crippen molar-refractivity contribution < 1.29 is 5.11 Å². The van der Waals surface area contributed by atoms with E-state index < -0.39 is 0 Å². The van der Waals surface area contributed by atoms with Crippen molar-refractivity contribution in [2.75, 3.05) is 26.2 Å². The molecular formula is C15H28N4O. The number of likely N-dealkylation sites (tertiary alicyclic amines) is 1. The van der Waals surface area contributed by atoms with E-state index in [9.17, 15) is 0 Å². The molecule has 1 aliphatic heterocycles. The van der Waals surface area contributed by atoms with Gasteiger partial charge in [-0.15, -0.1) is 5.10 Å². The molecule has 0 aliphatic carbocycles. The van der Waals surface area contributed by atoms with Crippen molar-refractivity contribution in [1.29, 1.82) is 0 Å². The number of rotatable bonds is 7. The molecule has 114 valence electrons. The lowest BCUT2D eigenvalue weighted by Crippen LogP contribution is -2.37. The van der Waals surface area contributed by atoms with E-state index in [2.05, 4.69) is 29.1 Å². The molecule has 0 aromatic carbocycles. The first-order valence-corrected chi connectivity index (χ1v) is 7.96. The molecule has 1 fully saturated rings. The first kappa shape index (κ1) is 15.4. The molecule has 1 aromatic rings. The Kier molecular flexibility index (Phi) is 5.98. The molecule has 1 aromatic heterocycles. The molecule has 20 heavy (non-hydrogen) atoms. The van der Waals surface area contributed by atoms with Gasteiger partial charge in [-0.1, -0.05) is 25.5 Å². The van der Waals surface area contributed by atoms with E-state index in [1.165, 1.54) is 19.4 Å². The molecule has 1 atom stereocenters. The first-order valence-electron chi connectivity index (χ1n) is 7.96. The van der Waals surface area contributed by atoms with Crippen molar-refractivity contribution in [1.82, 2.24) is 19.9 Å². The molecule has 1 aliphatic rings. The maximum atomic E-state index is 8.92. The van der Waals surface area contributed by atoms with Crippen molar-refractivity contribution >= 4 is 0 Å². The zero-order valence-corrected chi connectivity index (χ0v) is 12.8. The standard InChI is InChI=1S/C15H28N4O/c1-3-4-13(2)11-18-8-5-15(6-9-18)19-12-14(7-10-20)16-17-19/h12-13,15,20H,3-11H2,1-2H3. The van der Waals surface area contributed by atoms with E-state index in [0.717, 1.165) is 37.5 Å². The van der Waals surface area contributed by atoms with Crippen molar-refractivity contribution in [2.45, 2.75) is 52.0 Å². The Morgan fingerprint density at radius 2 is 2.15 bits per heavy atom. The summed E-state index contributed by atoms with van der Waals surface area (Å²) in [5.41, 5.74) is 0.895. The summed E-state index contributed by atoms with van der Waals surface area (Å²) in [6, 6.07) is 0.479. The van der Waals surface area contributed by atoms with Crippen molar-refractivity contribution in [3.05, 3.63) is 11.9 Å². The SMILES string of the molecule is CCCC(C)CN1CCC(n2cc(CCO)nn2)CC1. The van der Waals surface area contributed by atoms with E-state index in [1.54, 1.807) is 0 Å². The van der Waals surface area contributed by atoms with Crippen LogP contribution in [0.1, 0.15) is 51.3 Å². The van der Waals surface area contributed by atoms with Gasteiger partial charge in [0.1, 0.15) is 0 Å². The molecule has 1 saturated heterocycles. The number of nitrogens with zero attached hydrogens (tertiary/aromatic N) is 4. The second-order valence-electron chi connectivity index (χ2n) is 6.09. The minimum atomic E-state index is 0.145. The zero-order chi connectivity index (χ0) is 14.4. The van der Waals surface area contributed by atoms with Gasteiger partial charge in [-0.25, -0.2) is 4.68 Å². The van der Waals surface area contributed by atoms with Crippen LogP contribution in [0.2, 0.25) is 0 Å². The third-order valence-corrected chi connectivity index (χ3v) is 4.21. The fourth-order valence-electron chi connectivity index (χ4n) is 3.11. The Bertz CT molecular complexity index is 385. The van der Waals surface area contributed by atoms with Crippen molar-refractivity contribution in [3.63, 3.8) is 0 Å². The normalized spacial score (nSPS) is 19.4. The number of piperidine rings is 1. The average molecular weight is 280 g/mol. The number of aliphatic hydroxyl groups excluding tert-OH is 1. The zero-order valence-electron chi connectivity index (χ0n) is 12.8. The summed E-state index contributed by atoms with van der Waals surface area (Å²) in [5, 5.41) is 17.2. The smallest absolute Gasteiger partial charge is 0.0850 e.